The summed E-state index contributed by atoms with van der Waals surface area (Å²) in [6, 6.07) is 25.0. The summed E-state index contributed by atoms with van der Waals surface area (Å²) in [5.41, 5.74) is 0.301. The normalized spacial score (nSPS) is 20.7. The Hall–Kier alpha value is -4.09. The summed E-state index contributed by atoms with van der Waals surface area (Å²) in [5, 5.41) is 12.0. The number of sulfone groups is 1. The first-order valence-corrected chi connectivity index (χ1v) is 18.6. The van der Waals surface area contributed by atoms with E-state index in [4.69, 9.17) is 18.9 Å². The Morgan fingerprint density at radius 3 is 2.00 bits per heavy atom. The molecule has 0 radical (unpaired) electrons. The van der Waals surface area contributed by atoms with Gasteiger partial charge in [-0.3, -0.25) is 0 Å². The number of carbonyl (C=O) groups excluding carboxylic acids is 2. The van der Waals surface area contributed by atoms with Crippen LogP contribution in [-0.2, 0) is 28.8 Å². The number of esters is 2. The number of rotatable bonds is 18. The molecule has 1 N–H and O–H groups in total. The molecule has 3 aromatic rings. The minimum atomic E-state index is -3.82. The highest BCUT2D eigenvalue weighted by atomic mass is 32.2. The van der Waals surface area contributed by atoms with Crippen LogP contribution in [0.25, 0.3) is 0 Å². The van der Waals surface area contributed by atoms with Crippen molar-refractivity contribution in [3.63, 3.8) is 0 Å². The van der Waals surface area contributed by atoms with Gasteiger partial charge in [0.05, 0.1) is 45.7 Å². The summed E-state index contributed by atoms with van der Waals surface area (Å²) in [6.45, 7) is 11.7. The minimum Gasteiger partial charge on any atom is -0.458 e. The Bertz CT molecular complexity index is 1690. The molecule has 0 aromatic heterocycles. The number of ether oxygens (including phenoxy) is 4. The number of methoxy groups -OCH3 is 1. The Morgan fingerprint density at radius 1 is 0.900 bits per heavy atom. The molecule has 1 aliphatic rings. The number of carbonyl (C=O) groups is 2. The van der Waals surface area contributed by atoms with Crippen LogP contribution in [0.15, 0.2) is 120 Å². The van der Waals surface area contributed by atoms with E-state index in [1.165, 1.54) is 7.11 Å². The Labute approximate surface area is 295 Å². The lowest BCUT2D eigenvalue weighted by Crippen LogP contribution is -2.41. The Kier molecular flexibility index (Phi) is 13.7. The third-order valence-electron chi connectivity index (χ3n) is 9.15. The minimum absolute atomic E-state index is 0.0202. The van der Waals surface area contributed by atoms with Crippen molar-refractivity contribution in [3.05, 3.63) is 126 Å². The lowest BCUT2D eigenvalue weighted by Gasteiger charge is -2.35. The Balaban J connectivity index is 1.67. The van der Waals surface area contributed by atoms with Gasteiger partial charge in [-0.15, -0.1) is 0 Å². The summed E-state index contributed by atoms with van der Waals surface area (Å²) in [4.78, 5) is 26.3. The molecule has 0 amide bonds. The topological polar surface area (TPSA) is 125 Å². The van der Waals surface area contributed by atoms with E-state index in [0.29, 0.717) is 35.1 Å². The van der Waals surface area contributed by atoms with Gasteiger partial charge < -0.3 is 24.1 Å². The lowest BCUT2D eigenvalue weighted by atomic mass is 9.79. The number of hydrogen-bond acceptors (Lipinski definition) is 9. The zero-order valence-corrected chi connectivity index (χ0v) is 29.8. The van der Waals surface area contributed by atoms with E-state index in [1.807, 2.05) is 6.92 Å². The third-order valence-corrected chi connectivity index (χ3v) is 11.0. The smallest absolute Gasteiger partial charge is 0.338 e. The van der Waals surface area contributed by atoms with E-state index in [9.17, 15) is 23.1 Å². The highest BCUT2D eigenvalue weighted by molar-refractivity contribution is 7.91. The fraction of sp³-hybridized carbons (Fsp3) is 0.400. The predicted molar refractivity (Wildman–Crippen MR) is 191 cm³/mol. The molecule has 9 nitrogen and oxygen atoms in total. The molecule has 3 aromatic carbocycles. The van der Waals surface area contributed by atoms with Gasteiger partial charge in [-0.05, 0) is 55.3 Å². The van der Waals surface area contributed by atoms with Crippen LogP contribution in [-0.4, -0.2) is 74.9 Å². The van der Waals surface area contributed by atoms with Crippen LogP contribution in [0.2, 0.25) is 0 Å². The second-order valence-electron chi connectivity index (χ2n) is 12.9. The van der Waals surface area contributed by atoms with Crippen LogP contribution in [0.3, 0.4) is 0 Å². The van der Waals surface area contributed by atoms with Gasteiger partial charge in [0.15, 0.2) is 9.84 Å². The van der Waals surface area contributed by atoms with Crippen LogP contribution in [0.5, 0.6) is 0 Å². The highest BCUT2D eigenvalue weighted by Crippen LogP contribution is 2.41. The molecular weight excluding hydrogens is 656 g/mol. The average molecular weight is 705 g/mol. The molecule has 1 aliphatic heterocycles. The molecule has 6 atom stereocenters. The molecule has 1 saturated heterocycles. The average Bonchev–Trinajstić information content (AvgIpc) is 3.43. The first-order chi connectivity index (χ1) is 23.9. The maximum absolute atomic E-state index is 13.8. The van der Waals surface area contributed by atoms with Crippen LogP contribution < -0.4 is 0 Å². The van der Waals surface area contributed by atoms with Crippen molar-refractivity contribution >= 4 is 21.8 Å². The quantitative estimate of drug-likeness (QED) is 0.113. The zero-order chi connectivity index (χ0) is 36.3. The van der Waals surface area contributed by atoms with E-state index in [2.05, 4.69) is 13.2 Å². The van der Waals surface area contributed by atoms with E-state index >= 15 is 0 Å². The molecule has 268 valence electrons. The van der Waals surface area contributed by atoms with Crippen molar-refractivity contribution in [2.75, 3.05) is 19.5 Å². The van der Waals surface area contributed by atoms with Crippen molar-refractivity contribution in [2.24, 2.45) is 5.92 Å². The summed E-state index contributed by atoms with van der Waals surface area (Å²) >= 11 is 0. The van der Waals surface area contributed by atoms with Gasteiger partial charge in [0.25, 0.3) is 0 Å². The molecule has 4 rings (SSSR count). The summed E-state index contributed by atoms with van der Waals surface area (Å²) in [5.74, 6) is -2.26. The first kappa shape index (κ1) is 38.7. The van der Waals surface area contributed by atoms with Crippen molar-refractivity contribution < 1.29 is 42.1 Å². The van der Waals surface area contributed by atoms with Gasteiger partial charge in [-0.1, -0.05) is 93.1 Å². The molecule has 0 spiro atoms. The number of unbranched alkanes of at least 4 members (excludes halogenated alkanes) is 1. The van der Waals surface area contributed by atoms with Gasteiger partial charge in [-0.2, -0.15) is 0 Å². The SMILES string of the molecule is C=C(C)C(=C)C(O)(CCCC)C[C@@H]1O[C@H](CC(COC(=O)c2ccccc2)OC(=O)c2ccccc2)[C@H](OC)C1CS(=O)(=O)c1ccccc1. The van der Waals surface area contributed by atoms with Crippen molar-refractivity contribution in [2.45, 2.75) is 80.9 Å². The second kappa shape index (κ2) is 17.7. The van der Waals surface area contributed by atoms with Gasteiger partial charge in [0.1, 0.15) is 12.7 Å². The number of benzene rings is 3. The molecular formula is C40H48O9S. The maximum Gasteiger partial charge on any atom is 0.338 e. The molecule has 3 unspecified atom stereocenters. The van der Waals surface area contributed by atoms with Gasteiger partial charge in [0, 0.05) is 25.9 Å². The largest absolute Gasteiger partial charge is 0.458 e. The van der Waals surface area contributed by atoms with Crippen molar-refractivity contribution in [3.8, 4) is 0 Å². The van der Waals surface area contributed by atoms with Gasteiger partial charge in [0.2, 0.25) is 0 Å². The molecule has 0 saturated carbocycles. The predicted octanol–water partition coefficient (Wildman–Crippen LogP) is 6.78. The maximum atomic E-state index is 13.8. The first-order valence-electron chi connectivity index (χ1n) is 16.9. The fourth-order valence-corrected chi connectivity index (χ4v) is 8.07. The molecule has 1 heterocycles. The molecule has 0 bridgehead atoms. The summed E-state index contributed by atoms with van der Waals surface area (Å²) in [6.07, 6.45) is -1.39. The van der Waals surface area contributed by atoms with E-state index in [0.717, 1.165) is 6.42 Å². The van der Waals surface area contributed by atoms with E-state index in [1.54, 1.807) is 97.9 Å². The third kappa shape index (κ3) is 10.0. The van der Waals surface area contributed by atoms with E-state index < -0.39 is 57.7 Å². The van der Waals surface area contributed by atoms with Crippen LogP contribution >= 0.6 is 0 Å². The summed E-state index contributed by atoms with van der Waals surface area (Å²) in [7, 11) is -2.35. The standard InChI is InChI=1S/C40H48O9S/c1-6-7-23-40(43,29(4)28(2)3)25-36-34(27-50(44,45)33-21-15-10-16-22-33)37(46-5)35(49-36)24-32(48-39(42)31-19-13-9-14-20-31)26-47-38(41)30-17-11-8-12-18-30/h8-22,32,34-37,43H,2,4,6-7,23-27H2,1,3,5H3/t32?,34?,35-,36+,37-,40?/m1/s1. The molecule has 1 fully saturated rings. The number of hydrogen-bond donors (Lipinski definition) is 1. The van der Waals surface area contributed by atoms with Crippen LogP contribution in [0, 0.1) is 5.92 Å². The highest BCUT2D eigenvalue weighted by Gasteiger charge is 2.50. The Morgan fingerprint density at radius 2 is 1.46 bits per heavy atom. The second-order valence-corrected chi connectivity index (χ2v) is 14.9. The van der Waals surface area contributed by atoms with Gasteiger partial charge >= 0.3 is 11.9 Å². The van der Waals surface area contributed by atoms with Crippen molar-refractivity contribution in [1.82, 2.24) is 0 Å². The molecule has 0 aliphatic carbocycles. The molecule has 10 heteroatoms. The van der Waals surface area contributed by atoms with Gasteiger partial charge in [-0.25, -0.2) is 18.0 Å². The van der Waals surface area contributed by atoms with Crippen molar-refractivity contribution in [1.29, 1.82) is 0 Å². The monoisotopic (exact) mass is 704 g/mol. The molecule has 50 heavy (non-hydrogen) atoms. The summed E-state index contributed by atoms with van der Waals surface area (Å²) < 4.78 is 51.7. The fourth-order valence-electron chi connectivity index (χ4n) is 6.39. The van der Waals surface area contributed by atoms with Crippen LogP contribution in [0.4, 0.5) is 0 Å². The lowest BCUT2D eigenvalue weighted by molar-refractivity contribution is -0.0649. The van der Waals surface area contributed by atoms with E-state index in [-0.39, 0.29) is 30.1 Å². The number of aliphatic hydroxyl groups is 1. The van der Waals surface area contributed by atoms with Crippen LogP contribution in [0.1, 0.15) is 66.7 Å². The zero-order valence-electron chi connectivity index (χ0n) is 29.0.